The molecule has 5 nitrogen and oxygen atoms in total. The summed E-state index contributed by atoms with van der Waals surface area (Å²) in [5.74, 6) is 1.88. The van der Waals surface area contributed by atoms with Gasteiger partial charge in [-0.3, -0.25) is 4.98 Å². The van der Waals surface area contributed by atoms with Crippen molar-refractivity contribution in [3.05, 3.63) is 23.3 Å². The van der Waals surface area contributed by atoms with E-state index < -0.39 is 0 Å². The maximum absolute atomic E-state index is 5.72. The Bertz CT molecular complexity index is 680. The van der Waals surface area contributed by atoms with Crippen molar-refractivity contribution in [1.29, 1.82) is 0 Å². The molecule has 1 fully saturated rings. The van der Waals surface area contributed by atoms with Crippen molar-refractivity contribution >= 4 is 16.7 Å². The third-order valence-electron chi connectivity index (χ3n) is 4.11. The normalized spacial score (nSPS) is 21.7. The Hall–Kier alpha value is -1.75. The van der Waals surface area contributed by atoms with Crippen molar-refractivity contribution in [2.75, 3.05) is 24.7 Å². The van der Waals surface area contributed by atoms with Crippen molar-refractivity contribution in [2.45, 2.75) is 32.7 Å². The first-order valence-corrected chi connectivity index (χ1v) is 7.21. The van der Waals surface area contributed by atoms with Crippen LogP contribution in [-0.2, 0) is 11.2 Å². The maximum Gasteiger partial charge on any atom is 0.142 e. The highest BCUT2D eigenvalue weighted by atomic mass is 16.5. The molecule has 0 aliphatic carbocycles. The van der Waals surface area contributed by atoms with Crippen LogP contribution in [0.1, 0.15) is 23.6 Å². The molecular weight excluding hydrogens is 252 g/mol. The van der Waals surface area contributed by atoms with Crippen LogP contribution in [0, 0.1) is 13.8 Å². The second-order valence-corrected chi connectivity index (χ2v) is 5.68. The summed E-state index contributed by atoms with van der Waals surface area (Å²) in [7, 11) is 0. The standard InChI is InChI=1S/C15H18N4O/c1-9-6-12-14-13(16-9)7-11-8-20-5-3-4-19(11)15(14)18-10(2)17-12/h6,11H,3-5,7-8H2,1-2H3. The van der Waals surface area contributed by atoms with Crippen molar-refractivity contribution in [3.8, 4) is 0 Å². The number of hydrogen-bond donors (Lipinski definition) is 0. The molecule has 5 heteroatoms. The first-order chi connectivity index (χ1) is 9.72. The molecule has 4 heterocycles. The number of aryl methyl sites for hydroxylation is 2. The highest BCUT2D eigenvalue weighted by Gasteiger charge is 2.31. The van der Waals surface area contributed by atoms with E-state index in [4.69, 9.17) is 14.7 Å². The number of rotatable bonds is 0. The third-order valence-corrected chi connectivity index (χ3v) is 4.11. The molecule has 0 aromatic carbocycles. The molecule has 0 bridgehead atoms. The predicted octanol–water partition coefficient (Wildman–Crippen LogP) is 1.79. The lowest BCUT2D eigenvalue weighted by molar-refractivity contribution is 0.133. The van der Waals surface area contributed by atoms with E-state index in [9.17, 15) is 0 Å². The molecule has 1 unspecified atom stereocenters. The summed E-state index contributed by atoms with van der Waals surface area (Å²) < 4.78 is 5.72. The van der Waals surface area contributed by atoms with E-state index in [-0.39, 0.29) is 0 Å². The van der Waals surface area contributed by atoms with Crippen molar-refractivity contribution in [1.82, 2.24) is 15.0 Å². The van der Waals surface area contributed by atoms with Crippen LogP contribution in [0.2, 0.25) is 0 Å². The molecule has 2 aliphatic heterocycles. The molecule has 0 saturated carbocycles. The number of pyridine rings is 1. The second-order valence-electron chi connectivity index (χ2n) is 5.68. The van der Waals surface area contributed by atoms with Gasteiger partial charge >= 0.3 is 0 Å². The van der Waals surface area contributed by atoms with E-state index in [1.165, 1.54) is 0 Å². The number of anilines is 1. The zero-order chi connectivity index (χ0) is 13.7. The molecule has 0 amide bonds. The van der Waals surface area contributed by atoms with Gasteiger partial charge in [0, 0.05) is 25.3 Å². The summed E-state index contributed by atoms with van der Waals surface area (Å²) in [5, 5.41) is 1.14. The number of fused-ring (bicyclic) bond motifs is 2. The van der Waals surface area contributed by atoms with E-state index in [2.05, 4.69) is 16.0 Å². The molecule has 1 atom stereocenters. The molecule has 0 radical (unpaired) electrons. The molecule has 104 valence electrons. The molecule has 0 N–H and O–H groups in total. The highest BCUT2D eigenvalue weighted by Crippen LogP contribution is 2.34. The van der Waals surface area contributed by atoms with Crippen molar-refractivity contribution in [2.24, 2.45) is 0 Å². The smallest absolute Gasteiger partial charge is 0.142 e. The van der Waals surface area contributed by atoms with E-state index in [0.29, 0.717) is 6.04 Å². The van der Waals surface area contributed by atoms with Crippen molar-refractivity contribution < 1.29 is 4.74 Å². The van der Waals surface area contributed by atoms with Gasteiger partial charge in [-0.2, -0.15) is 0 Å². The highest BCUT2D eigenvalue weighted by molar-refractivity contribution is 5.93. The number of ether oxygens (including phenoxy) is 1. The fourth-order valence-electron chi connectivity index (χ4n) is 3.31. The average Bonchev–Trinajstić information content (AvgIpc) is 2.62. The van der Waals surface area contributed by atoms with Gasteiger partial charge in [0.05, 0.1) is 29.2 Å². The lowest BCUT2D eigenvalue weighted by Gasteiger charge is -2.35. The Balaban J connectivity index is 1.99. The molecule has 20 heavy (non-hydrogen) atoms. The molecule has 2 aliphatic rings. The van der Waals surface area contributed by atoms with Crippen LogP contribution in [0.25, 0.3) is 10.9 Å². The van der Waals surface area contributed by atoms with Gasteiger partial charge in [0.15, 0.2) is 0 Å². The van der Waals surface area contributed by atoms with Gasteiger partial charge in [0.1, 0.15) is 11.6 Å². The lowest BCUT2D eigenvalue weighted by Crippen LogP contribution is -2.42. The van der Waals surface area contributed by atoms with E-state index in [1.54, 1.807) is 0 Å². The van der Waals surface area contributed by atoms with Gasteiger partial charge in [-0.25, -0.2) is 9.97 Å². The average molecular weight is 270 g/mol. The topological polar surface area (TPSA) is 51.1 Å². The predicted molar refractivity (Wildman–Crippen MR) is 77.1 cm³/mol. The monoisotopic (exact) mass is 270 g/mol. The minimum absolute atomic E-state index is 0.358. The zero-order valence-corrected chi connectivity index (χ0v) is 11.9. The molecule has 2 aromatic heterocycles. The van der Waals surface area contributed by atoms with Crippen LogP contribution in [0.15, 0.2) is 6.07 Å². The molecular formula is C15H18N4O. The summed E-state index contributed by atoms with van der Waals surface area (Å²) in [6.07, 6.45) is 1.98. The fourth-order valence-corrected chi connectivity index (χ4v) is 3.31. The fraction of sp³-hybridized carbons (Fsp3) is 0.533. The Kier molecular flexibility index (Phi) is 2.63. The van der Waals surface area contributed by atoms with Gasteiger partial charge in [-0.05, 0) is 26.3 Å². The van der Waals surface area contributed by atoms with Crippen LogP contribution < -0.4 is 4.90 Å². The minimum Gasteiger partial charge on any atom is -0.379 e. The first kappa shape index (κ1) is 12.0. The van der Waals surface area contributed by atoms with Gasteiger partial charge in [-0.1, -0.05) is 0 Å². The van der Waals surface area contributed by atoms with Crippen LogP contribution in [0.5, 0.6) is 0 Å². The lowest BCUT2D eigenvalue weighted by atomic mass is 10.00. The van der Waals surface area contributed by atoms with Crippen LogP contribution >= 0.6 is 0 Å². The quantitative estimate of drug-likeness (QED) is 0.730. The SMILES string of the molecule is Cc1cc2nc(C)nc3c2c(n1)CC1COCCCN31. The van der Waals surface area contributed by atoms with E-state index in [0.717, 1.165) is 66.5 Å². The summed E-state index contributed by atoms with van der Waals surface area (Å²) in [5.41, 5.74) is 3.18. The van der Waals surface area contributed by atoms with Crippen LogP contribution in [0.4, 0.5) is 5.82 Å². The second kappa shape index (κ2) is 4.38. The first-order valence-electron chi connectivity index (χ1n) is 7.21. The van der Waals surface area contributed by atoms with Gasteiger partial charge in [0.2, 0.25) is 0 Å². The molecule has 1 saturated heterocycles. The van der Waals surface area contributed by atoms with E-state index >= 15 is 0 Å². The third kappa shape index (κ3) is 1.77. The van der Waals surface area contributed by atoms with E-state index in [1.807, 2.05) is 13.8 Å². The molecule has 4 rings (SSSR count). The Morgan fingerprint density at radius 3 is 3.05 bits per heavy atom. The summed E-state index contributed by atoms with van der Waals surface area (Å²) >= 11 is 0. The zero-order valence-electron chi connectivity index (χ0n) is 11.9. The Morgan fingerprint density at radius 2 is 2.15 bits per heavy atom. The Labute approximate surface area is 118 Å². The van der Waals surface area contributed by atoms with Gasteiger partial charge in [-0.15, -0.1) is 0 Å². The minimum atomic E-state index is 0.358. The summed E-state index contributed by atoms with van der Waals surface area (Å²) in [6.45, 7) is 6.60. The number of nitrogens with zero attached hydrogens (tertiary/aromatic N) is 4. The number of aromatic nitrogens is 3. The van der Waals surface area contributed by atoms with Crippen molar-refractivity contribution in [3.63, 3.8) is 0 Å². The van der Waals surface area contributed by atoms with Crippen LogP contribution in [-0.4, -0.2) is 40.8 Å². The summed E-state index contributed by atoms with van der Waals surface area (Å²) in [4.78, 5) is 16.4. The Morgan fingerprint density at radius 1 is 1.25 bits per heavy atom. The van der Waals surface area contributed by atoms with Crippen LogP contribution in [0.3, 0.4) is 0 Å². The van der Waals surface area contributed by atoms with Gasteiger partial charge < -0.3 is 9.64 Å². The largest absolute Gasteiger partial charge is 0.379 e. The summed E-state index contributed by atoms with van der Waals surface area (Å²) in [6, 6.07) is 2.42. The number of hydrogen-bond acceptors (Lipinski definition) is 5. The molecule has 2 aromatic rings. The molecule has 0 spiro atoms. The maximum atomic E-state index is 5.72. The van der Waals surface area contributed by atoms with Gasteiger partial charge in [0.25, 0.3) is 0 Å².